The van der Waals surface area contributed by atoms with Gasteiger partial charge in [-0.15, -0.1) is 0 Å². The van der Waals surface area contributed by atoms with Crippen LogP contribution in [-0.4, -0.2) is 4.98 Å². The molecule has 1 aliphatic carbocycles. The standard InChI is InChI=1S/C45H27NO/c1-3-11-31-27(9-1)17-22-38-43(31)33-25-29(30-20-23-39-34(26-30)44-32-12-4-2-10-28(32)19-24-40(44)46-39)18-21-35(33)45(38)36-13-5-7-15-41(36)47-42-16-8-6-14-37(42)45/h1-26,46H. The van der Waals surface area contributed by atoms with Crippen molar-refractivity contribution in [1.29, 1.82) is 0 Å². The predicted molar refractivity (Wildman–Crippen MR) is 194 cm³/mol. The molecule has 0 saturated carbocycles. The maximum absolute atomic E-state index is 6.57. The van der Waals surface area contributed by atoms with Crippen molar-refractivity contribution >= 4 is 43.4 Å². The van der Waals surface area contributed by atoms with Gasteiger partial charge in [0.1, 0.15) is 11.5 Å². The van der Waals surface area contributed by atoms with Gasteiger partial charge >= 0.3 is 0 Å². The zero-order chi connectivity index (χ0) is 30.7. The maximum atomic E-state index is 6.57. The van der Waals surface area contributed by atoms with Gasteiger partial charge in [0.2, 0.25) is 0 Å². The van der Waals surface area contributed by atoms with Crippen LogP contribution >= 0.6 is 0 Å². The van der Waals surface area contributed by atoms with Gasteiger partial charge in [0.05, 0.1) is 5.41 Å². The van der Waals surface area contributed by atoms with Crippen LogP contribution in [0.3, 0.4) is 0 Å². The fourth-order valence-corrected chi connectivity index (χ4v) is 8.70. The summed E-state index contributed by atoms with van der Waals surface area (Å²) in [5, 5.41) is 7.60. The first-order valence-corrected chi connectivity index (χ1v) is 16.3. The van der Waals surface area contributed by atoms with Crippen LogP contribution in [0.4, 0.5) is 0 Å². The quantitative estimate of drug-likeness (QED) is 0.200. The Labute approximate surface area is 271 Å². The molecule has 1 aromatic heterocycles. The highest BCUT2D eigenvalue weighted by Crippen LogP contribution is 2.63. The second-order valence-electron chi connectivity index (χ2n) is 12.9. The lowest BCUT2D eigenvalue weighted by Gasteiger charge is -2.39. The molecule has 1 N–H and O–H groups in total. The number of para-hydroxylation sites is 2. The molecule has 47 heavy (non-hydrogen) atoms. The number of nitrogens with one attached hydrogen (secondary N) is 1. The molecule has 9 aromatic rings. The molecule has 2 nitrogen and oxygen atoms in total. The molecule has 0 bridgehead atoms. The normalized spacial score (nSPS) is 13.9. The van der Waals surface area contributed by atoms with Crippen molar-refractivity contribution in [2.45, 2.75) is 5.41 Å². The number of aromatic amines is 1. The van der Waals surface area contributed by atoms with E-state index in [0.29, 0.717) is 0 Å². The molecule has 1 aliphatic heterocycles. The lowest BCUT2D eigenvalue weighted by Crippen LogP contribution is -2.32. The molecular weight excluding hydrogens is 571 g/mol. The van der Waals surface area contributed by atoms with E-state index in [1.807, 2.05) is 0 Å². The third kappa shape index (κ3) is 3.19. The van der Waals surface area contributed by atoms with Gasteiger partial charge < -0.3 is 9.72 Å². The molecule has 0 atom stereocenters. The summed E-state index contributed by atoms with van der Waals surface area (Å²) < 4.78 is 6.57. The highest BCUT2D eigenvalue weighted by molar-refractivity contribution is 6.20. The molecule has 218 valence electrons. The van der Waals surface area contributed by atoms with Gasteiger partial charge in [0.25, 0.3) is 0 Å². The van der Waals surface area contributed by atoms with Crippen LogP contribution in [0, 0.1) is 0 Å². The minimum absolute atomic E-state index is 0.488. The Kier molecular flexibility index (Phi) is 4.80. The largest absolute Gasteiger partial charge is 0.457 e. The van der Waals surface area contributed by atoms with Crippen LogP contribution in [-0.2, 0) is 5.41 Å². The summed E-state index contributed by atoms with van der Waals surface area (Å²) in [5.41, 5.74) is 11.8. The molecule has 11 rings (SSSR count). The third-order valence-electron chi connectivity index (χ3n) is 10.6. The second kappa shape index (κ2) is 8.99. The molecule has 0 amide bonds. The first-order valence-electron chi connectivity index (χ1n) is 16.3. The van der Waals surface area contributed by atoms with Crippen molar-refractivity contribution in [3.63, 3.8) is 0 Å². The number of hydrogen-bond acceptors (Lipinski definition) is 1. The topological polar surface area (TPSA) is 25.0 Å². The fourth-order valence-electron chi connectivity index (χ4n) is 8.70. The Balaban J connectivity index is 1.22. The van der Waals surface area contributed by atoms with E-state index in [0.717, 1.165) is 17.0 Å². The van der Waals surface area contributed by atoms with E-state index in [4.69, 9.17) is 4.74 Å². The Morgan fingerprint density at radius 3 is 1.83 bits per heavy atom. The van der Waals surface area contributed by atoms with Crippen LogP contribution in [0.2, 0.25) is 0 Å². The van der Waals surface area contributed by atoms with Gasteiger partial charge in [-0.25, -0.2) is 0 Å². The molecule has 8 aromatic carbocycles. The van der Waals surface area contributed by atoms with Crippen LogP contribution < -0.4 is 4.74 Å². The number of H-pyrrole nitrogens is 1. The van der Waals surface area contributed by atoms with E-state index in [9.17, 15) is 0 Å². The van der Waals surface area contributed by atoms with E-state index >= 15 is 0 Å². The smallest absolute Gasteiger partial charge is 0.132 e. The first-order chi connectivity index (χ1) is 23.3. The van der Waals surface area contributed by atoms with Crippen LogP contribution in [0.5, 0.6) is 11.5 Å². The Morgan fingerprint density at radius 1 is 0.426 bits per heavy atom. The molecule has 2 heterocycles. The number of ether oxygens (including phenoxy) is 1. The maximum Gasteiger partial charge on any atom is 0.132 e. The minimum atomic E-state index is -0.488. The second-order valence-corrected chi connectivity index (χ2v) is 12.9. The van der Waals surface area contributed by atoms with E-state index < -0.39 is 5.41 Å². The summed E-state index contributed by atoms with van der Waals surface area (Å²) in [6, 6.07) is 57.7. The SMILES string of the molecule is c1ccc2c(c1)Oc1ccccc1C21c2ccc(-c3ccc4[nH]c5ccc6ccccc6c5c4c3)cc2-c2c1ccc1ccccc21. The summed E-state index contributed by atoms with van der Waals surface area (Å²) in [6.45, 7) is 0. The van der Waals surface area contributed by atoms with Crippen molar-refractivity contribution in [3.8, 4) is 33.8 Å². The predicted octanol–water partition coefficient (Wildman–Crippen LogP) is 11.8. The van der Waals surface area contributed by atoms with E-state index in [-0.39, 0.29) is 0 Å². The van der Waals surface area contributed by atoms with Crippen molar-refractivity contribution in [1.82, 2.24) is 4.98 Å². The molecule has 0 radical (unpaired) electrons. The third-order valence-corrected chi connectivity index (χ3v) is 10.6. The summed E-state index contributed by atoms with van der Waals surface area (Å²) in [7, 11) is 0. The van der Waals surface area contributed by atoms with Gasteiger partial charge in [-0.1, -0.05) is 121 Å². The number of hydrogen-bond donors (Lipinski definition) is 1. The molecule has 1 spiro atoms. The van der Waals surface area contributed by atoms with E-state index in [1.165, 1.54) is 82.3 Å². The number of aromatic nitrogens is 1. The molecule has 2 heteroatoms. The minimum Gasteiger partial charge on any atom is -0.457 e. The zero-order valence-corrected chi connectivity index (χ0v) is 25.4. The highest BCUT2D eigenvalue weighted by Gasteiger charge is 2.51. The van der Waals surface area contributed by atoms with Crippen LogP contribution in [0.15, 0.2) is 158 Å². The van der Waals surface area contributed by atoms with Crippen LogP contribution in [0.25, 0.3) is 65.6 Å². The van der Waals surface area contributed by atoms with E-state index in [1.54, 1.807) is 0 Å². The monoisotopic (exact) mass is 597 g/mol. The summed E-state index contributed by atoms with van der Waals surface area (Å²) >= 11 is 0. The number of rotatable bonds is 1. The average Bonchev–Trinajstić information content (AvgIpc) is 3.65. The van der Waals surface area contributed by atoms with Crippen molar-refractivity contribution in [2.75, 3.05) is 0 Å². The summed E-state index contributed by atoms with van der Waals surface area (Å²) in [4.78, 5) is 3.67. The summed E-state index contributed by atoms with van der Waals surface area (Å²) in [6.07, 6.45) is 0. The molecule has 0 saturated heterocycles. The van der Waals surface area contributed by atoms with Gasteiger partial charge in [-0.2, -0.15) is 0 Å². The van der Waals surface area contributed by atoms with Crippen LogP contribution in [0.1, 0.15) is 22.3 Å². The average molecular weight is 598 g/mol. The Morgan fingerprint density at radius 2 is 1.02 bits per heavy atom. The first kappa shape index (κ1) is 25.1. The number of fused-ring (bicyclic) bond motifs is 16. The van der Waals surface area contributed by atoms with Gasteiger partial charge in [0, 0.05) is 32.9 Å². The van der Waals surface area contributed by atoms with Gasteiger partial charge in [0.15, 0.2) is 0 Å². The Bertz CT molecular complexity index is 2740. The highest BCUT2D eigenvalue weighted by atomic mass is 16.5. The summed E-state index contributed by atoms with van der Waals surface area (Å²) in [5.74, 6) is 1.83. The van der Waals surface area contributed by atoms with Crippen molar-refractivity contribution < 1.29 is 4.74 Å². The Hall–Kier alpha value is -6.12. The molecular formula is C45H27NO. The molecule has 2 aliphatic rings. The molecule has 0 fully saturated rings. The van der Waals surface area contributed by atoms with Crippen molar-refractivity contribution in [3.05, 3.63) is 180 Å². The van der Waals surface area contributed by atoms with E-state index in [2.05, 4.69) is 163 Å². The van der Waals surface area contributed by atoms with Crippen molar-refractivity contribution in [2.24, 2.45) is 0 Å². The van der Waals surface area contributed by atoms with Gasteiger partial charge in [-0.05, 0) is 91.3 Å². The van der Waals surface area contributed by atoms with Gasteiger partial charge in [-0.3, -0.25) is 0 Å². The lowest BCUT2D eigenvalue weighted by molar-refractivity contribution is 0.436. The fraction of sp³-hybridized carbons (Fsp3) is 0.0222. The number of benzene rings is 8. The molecule has 0 unspecified atom stereocenters. The lowest BCUT2D eigenvalue weighted by atomic mass is 9.66. The zero-order valence-electron chi connectivity index (χ0n) is 25.4.